The number of hydrogen-bond acceptors (Lipinski definition) is 4. The number of carbonyl (C=O) groups is 1. The second kappa shape index (κ2) is 6.08. The van der Waals surface area contributed by atoms with Gasteiger partial charge < -0.3 is 14.2 Å². The monoisotopic (exact) mass is 284 g/mol. The number of carbonyl (C=O) groups excluding carboxylic acids is 1. The van der Waals surface area contributed by atoms with Gasteiger partial charge in [0.15, 0.2) is 12.4 Å². The summed E-state index contributed by atoms with van der Waals surface area (Å²) in [7, 11) is 1.35. The number of methoxy groups -OCH3 is 1. The molecule has 1 saturated heterocycles. The fourth-order valence-corrected chi connectivity index (χ4v) is 2.40. The van der Waals surface area contributed by atoms with Crippen LogP contribution in [-0.4, -0.2) is 19.2 Å². The highest BCUT2D eigenvalue weighted by molar-refractivity contribution is 5.76. The third kappa shape index (κ3) is 2.82. The Morgan fingerprint density at radius 3 is 2.05 bits per heavy atom. The molecule has 21 heavy (non-hydrogen) atoms. The smallest absolute Gasteiger partial charge is 0.338 e. The molecule has 1 fully saturated rings. The van der Waals surface area contributed by atoms with Crippen molar-refractivity contribution in [2.24, 2.45) is 0 Å². The van der Waals surface area contributed by atoms with Crippen LogP contribution in [-0.2, 0) is 19.0 Å². The maximum atomic E-state index is 11.9. The van der Waals surface area contributed by atoms with Crippen LogP contribution in [0.5, 0.6) is 0 Å². The molecule has 3 rings (SSSR count). The van der Waals surface area contributed by atoms with Crippen molar-refractivity contribution >= 4 is 5.97 Å². The Bertz CT molecular complexity index is 597. The van der Waals surface area contributed by atoms with Gasteiger partial charge in [0.25, 0.3) is 0 Å². The van der Waals surface area contributed by atoms with Crippen molar-refractivity contribution in [3.63, 3.8) is 0 Å². The van der Waals surface area contributed by atoms with Crippen molar-refractivity contribution < 1.29 is 19.0 Å². The van der Waals surface area contributed by atoms with E-state index in [1.54, 1.807) is 0 Å². The Labute approximate surface area is 123 Å². The lowest BCUT2D eigenvalue weighted by atomic mass is 10.0. The van der Waals surface area contributed by atoms with E-state index in [1.165, 1.54) is 7.11 Å². The molecule has 1 aliphatic rings. The molecule has 108 valence electrons. The standard InChI is InChI=1S/C17H16O4/c1-19-16(18)15-14(12-8-4-2-5-9-12)20-17(21-15)13-10-6-3-7-11-13/h2-11,14-15,17H,1H3/t14-,15+,17-/m0/s1. The van der Waals surface area contributed by atoms with Crippen LogP contribution in [0.1, 0.15) is 23.5 Å². The molecule has 0 aromatic heterocycles. The van der Waals surface area contributed by atoms with E-state index in [2.05, 4.69) is 0 Å². The maximum absolute atomic E-state index is 11.9. The number of esters is 1. The van der Waals surface area contributed by atoms with E-state index in [4.69, 9.17) is 14.2 Å². The van der Waals surface area contributed by atoms with Crippen LogP contribution in [0, 0.1) is 0 Å². The molecular formula is C17H16O4. The largest absolute Gasteiger partial charge is 0.467 e. The predicted molar refractivity (Wildman–Crippen MR) is 76.3 cm³/mol. The highest BCUT2D eigenvalue weighted by Gasteiger charge is 2.43. The summed E-state index contributed by atoms with van der Waals surface area (Å²) in [6.07, 6.45) is -1.80. The van der Waals surface area contributed by atoms with Gasteiger partial charge in [-0.1, -0.05) is 60.7 Å². The van der Waals surface area contributed by atoms with Crippen LogP contribution in [0.15, 0.2) is 60.7 Å². The zero-order valence-electron chi connectivity index (χ0n) is 11.6. The lowest BCUT2D eigenvalue weighted by Gasteiger charge is -2.14. The van der Waals surface area contributed by atoms with E-state index in [9.17, 15) is 4.79 Å². The zero-order chi connectivity index (χ0) is 14.7. The summed E-state index contributed by atoms with van der Waals surface area (Å²) < 4.78 is 16.5. The van der Waals surface area contributed by atoms with Crippen molar-refractivity contribution in [2.45, 2.75) is 18.5 Å². The number of ether oxygens (including phenoxy) is 3. The van der Waals surface area contributed by atoms with Crippen molar-refractivity contribution in [2.75, 3.05) is 7.11 Å². The molecule has 4 nitrogen and oxygen atoms in total. The molecule has 4 heteroatoms. The maximum Gasteiger partial charge on any atom is 0.338 e. The van der Waals surface area contributed by atoms with E-state index < -0.39 is 24.5 Å². The Hall–Kier alpha value is -2.17. The van der Waals surface area contributed by atoms with E-state index in [0.717, 1.165) is 11.1 Å². The molecule has 0 spiro atoms. The van der Waals surface area contributed by atoms with Gasteiger partial charge in [-0.2, -0.15) is 0 Å². The number of rotatable bonds is 3. The number of hydrogen-bond donors (Lipinski definition) is 0. The van der Waals surface area contributed by atoms with E-state index in [1.807, 2.05) is 60.7 Å². The molecule has 0 bridgehead atoms. The first kappa shape index (κ1) is 13.8. The van der Waals surface area contributed by atoms with Gasteiger partial charge in [-0.05, 0) is 5.56 Å². The highest BCUT2D eigenvalue weighted by Crippen LogP contribution is 2.40. The zero-order valence-corrected chi connectivity index (χ0v) is 11.6. The lowest BCUT2D eigenvalue weighted by molar-refractivity contribution is -0.154. The van der Waals surface area contributed by atoms with Crippen molar-refractivity contribution in [3.05, 3.63) is 71.8 Å². The van der Waals surface area contributed by atoms with Gasteiger partial charge in [-0.25, -0.2) is 4.79 Å². The third-order valence-electron chi connectivity index (χ3n) is 3.45. The van der Waals surface area contributed by atoms with Crippen LogP contribution in [0.2, 0.25) is 0 Å². The molecule has 0 amide bonds. The molecule has 1 aliphatic heterocycles. The van der Waals surface area contributed by atoms with Crippen molar-refractivity contribution in [3.8, 4) is 0 Å². The minimum atomic E-state index is -0.761. The molecule has 0 N–H and O–H groups in total. The average Bonchev–Trinajstić information content (AvgIpc) is 3.01. The second-order valence-electron chi connectivity index (χ2n) is 4.79. The molecule has 1 heterocycles. The summed E-state index contributed by atoms with van der Waals surface area (Å²) in [5, 5.41) is 0. The third-order valence-corrected chi connectivity index (χ3v) is 3.45. The van der Waals surface area contributed by atoms with E-state index >= 15 is 0 Å². The summed E-state index contributed by atoms with van der Waals surface area (Å²) in [4.78, 5) is 11.9. The van der Waals surface area contributed by atoms with E-state index in [0.29, 0.717) is 0 Å². The molecule has 2 aromatic carbocycles. The van der Waals surface area contributed by atoms with E-state index in [-0.39, 0.29) is 0 Å². The molecule has 3 atom stereocenters. The predicted octanol–water partition coefficient (Wildman–Crippen LogP) is 3.01. The van der Waals surface area contributed by atoms with Crippen LogP contribution >= 0.6 is 0 Å². The Balaban J connectivity index is 1.89. The summed E-state index contributed by atoms with van der Waals surface area (Å²) in [5.74, 6) is -0.428. The molecule has 0 radical (unpaired) electrons. The van der Waals surface area contributed by atoms with Gasteiger partial charge in [-0.15, -0.1) is 0 Å². The van der Waals surface area contributed by atoms with Crippen LogP contribution in [0.3, 0.4) is 0 Å². The Morgan fingerprint density at radius 2 is 1.48 bits per heavy atom. The van der Waals surface area contributed by atoms with Crippen molar-refractivity contribution in [1.82, 2.24) is 0 Å². The quantitative estimate of drug-likeness (QED) is 0.813. The highest BCUT2D eigenvalue weighted by atomic mass is 16.7. The summed E-state index contributed by atoms with van der Waals surface area (Å²) in [5.41, 5.74) is 1.77. The Kier molecular flexibility index (Phi) is 3.99. The van der Waals surface area contributed by atoms with Gasteiger partial charge in [0.2, 0.25) is 0 Å². The lowest BCUT2D eigenvalue weighted by Crippen LogP contribution is -2.27. The topological polar surface area (TPSA) is 44.8 Å². The normalized spacial score (nSPS) is 24.7. The first-order chi connectivity index (χ1) is 10.3. The first-order valence-corrected chi connectivity index (χ1v) is 6.78. The Morgan fingerprint density at radius 1 is 0.905 bits per heavy atom. The minimum absolute atomic E-state index is 0.428. The summed E-state index contributed by atoms with van der Waals surface area (Å²) >= 11 is 0. The summed E-state index contributed by atoms with van der Waals surface area (Å²) in [6, 6.07) is 19.1. The summed E-state index contributed by atoms with van der Waals surface area (Å²) in [6.45, 7) is 0. The van der Waals surface area contributed by atoms with Crippen LogP contribution in [0.4, 0.5) is 0 Å². The first-order valence-electron chi connectivity index (χ1n) is 6.78. The molecule has 0 unspecified atom stereocenters. The fraction of sp³-hybridized carbons (Fsp3) is 0.235. The average molecular weight is 284 g/mol. The van der Waals surface area contributed by atoms with Crippen molar-refractivity contribution in [1.29, 1.82) is 0 Å². The van der Waals surface area contributed by atoms with Crippen LogP contribution < -0.4 is 0 Å². The van der Waals surface area contributed by atoms with Gasteiger partial charge >= 0.3 is 5.97 Å². The molecule has 0 aliphatic carbocycles. The number of benzene rings is 2. The molecular weight excluding hydrogens is 268 g/mol. The fourth-order valence-electron chi connectivity index (χ4n) is 2.40. The van der Waals surface area contributed by atoms with Gasteiger partial charge in [-0.3, -0.25) is 0 Å². The van der Waals surface area contributed by atoms with Gasteiger partial charge in [0.05, 0.1) is 7.11 Å². The van der Waals surface area contributed by atoms with Crippen LogP contribution in [0.25, 0.3) is 0 Å². The van der Waals surface area contributed by atoms with Gasteiger partial charge in [0, 0.05) is 5.56 Å². The van der Waals surface area contributed by atoms with Gasteiger partial charge in [0.1, 0.15) is 6.10 Å². The second-order valence-corrected chi connectivity index (χ2v) is 4.79. The SMILES string of the molecule is COC(=O)[C@@H]1O[C@@H](c2ccccc2)O[C@H]1c1ccccc1. The molecule has 2 aromatic rings. The molecule has 0 saturated carbocycles. The minimum Gasteiger partial charge on any atom is -0.467 e.